The average Bonchev–Trinajstić information content (AvgIpc) is 2.57. The van der Waals surface area contributed by atoms with Gasteiger partial charge in [-0.1, -0.05) is 46.6 Å². The van der Waals surface area contributed by atoms with Crippen LogP contribution in [0.1, 0.15) is 19.2 Å². The van der Waals surface area contributed by atoms with E-state index in [4.69, 9.17) is 16.6 Å². The van der Waals surface area contributed by atoms with E-state index in [2.05, 4.69) is 38.8 Å². The molecular weight excluding hydrogens is 488 g/mol. The summed E-state index contributed by atoms with van der Waals surface area (Å²) in [7, 11) is 0. The van der Waals surface area contributed by atoms with Crippen LogP contribution in [0.3, 0.4) is 0 Å². The summed E-state index contributed by atoms with van der Waals surface area (Å²) in [6, 6.07) is 11.1. The van der Waals surface area contributed by atoms with Crippen LogP contribution >= 0.6 is 55.2 Å². The average molecular weight is 503 g/mol. The second kappa shape index (κ2) is 8.25. The normalized spacial score (nSPS) is 11.2. The number of halogens is 3. The van der Waals surface area contributed by atoms with Gasteiger partial charge in [-0.25, -0.2) is 4.98 Å². The molecule has 3 aromatic rings. The molecule has 0 aliphatic carbocycles. The summed E-state index contributed by atoms with van der Waals surface area (Å²) in [5.41, 5.74) is 1.21. The highest BCUT2D eigenvalue weighted by Crippen LogP contribution is 2.28. The molecular formula is C18H15Br2ClN2OS. The second-order valence-corrected chi connectivity index (χ2v) is 8.74. The van der Waals surface area contributed by atoms with E-state index in [1.807, 2.05) is 24.3 Å². The van der Waals surface area contributed by atoms with E-state index in [-0.39, 0.29) is 5.56 Å². The van der Waals surface area contributed by atoms with E-state index < -0.39 is 0 Å². The Morgan fingerprint density at radius 3 is 2.72 bits per heavy atom. The van der Waals surface area contributed by atoms with Gasteiger partial charge in [0.25, 0.3) is 5.56 Å². The molecule has 0 radical (unpaired) electrons. The molecule has 1 aromatic heterocycles. The highest BCUT2D eigenvalue weighted by atomic mass is 79.9. The molecule has 0 bridgehead atoms. The third-order valence-electron chi connectivity index (χ3n) is 3.63. The molecule has 0 aliphatic rings. The van der Waals surface area contributed by atoms with Gasteiger partial charge in [-0.05, 0) is 52.4 Å². The predicted octanol–water partition coefficient (Wildman–Crippen LogP) is 6.21. The SMILES string of the molecule is CCCSCc1nc2c(Br)cc(Br)cc2c(=O)n1-c1ccccc1Cl. The lowest BCUT2D eigenvalue weighted by atomic mass is 10.2. The number of benzene rings is 2. The number of hydrogen-bond acceptors (Lipinski definition) is 3. The van der Waals surface area contributed by atoms with E-state index in [9.17, 15) is 4.79 Å². The summed E-state index contributed by atoms with van der Waals surface area (Å²) in [5.74, 6) is 2.36. The van der Waals surface area contributed by atoms with Crippen LogP contribution in [0.4, 0.5) is 0 Å². The van der Waals surface area contributed by atoms with Gasteiger partial charge in [-0.15, -0.1) is 0 Å². The maximum Gasteiger partial charge on any atom is 0.266 e. The van der Waals surface area contributed by atoms with Crippen molar-refractivity contribution < 1.29 is 0 Å². The van der Waals surface area contributed by atoms with Crippen molar-refractivity contribution in [3.63, 3.8) is 0 Å². The zero-order valence-electron chi connectivity index (χ0n) is 13.4. The van der Waals surface area contributed by atoms with Gasteiger partial charge in [0, 0.05) is 8.95 Å². The Hall–Kier alpha value is -0.820. The molecule has 25 heavy (non-hydrogen) atoms. The van der Waals surface area contributed by atoms with Crippen molar-refractivity contribution in [2.24, 2.45) is 0 Å². The predicted molar refractivity (Wildman–Crippen MR) is 114 cm³/mol. The first-order valence-electron chi connectivity index (χ1n) is 7.76. The zero-order valence-corrected chi connectivity index (χ0v) is 18.2. The minimum absolute atomic E-state index is 0.118. The molecule has 0 unspecified atom stereocenters. The highest BCUT2D eigenvalue weighted by Gasteiger charge is 2.16. The van der Waals surface area contributed by atoms with Gasteiger partial charge >= 0.3 is 0 Å². The highest BCUT2D eigenvalue weighted by molar-refractivity contribution is 9.11. The van der Waals surface area contributed by atoms with E-state index in [0.29, 0.717) is 33.2 Å². The molecule has 3 rings (SSSR count). The molecule has 3 nitrogen and oxygen atoms in total. The van der Waals surface area contributed by atoms with E-state index in [0.717, 1.165) is 21.1 Å². The van der Waals surface area contributed by atoms with Gasteiger partial charge in [-0.2, -0.15) is 11.8 Å². The van der Waals surface area contributed by atoms with Crippen LogP contribution < -0.4 is 5.56 Å². The fourth-order valence-electron chi connectivity index (χ4n) is 2.55. The molecule has 130 valence electrons. The van der Waals surface area contributed by atoms with Crippen LogP contribution in [0.2, 0.25) is 5.02 Å². The molecule has 0 N–H and O–H groups in total. The van der Waals surface area contributed by atoms with Gasteiger partial charge in [0.1, 0.15) is 5.82 Å². The smallest absolute Gasteiger partial charge is 0.266 e. The van der Waals surface area contributed by atoms with Crippen molar-refractivity contribution in [2.45, 2.75) is 19.1 Å². The Bertz CT molecular complexity index is 991. The lowest BCUT2D eigenvalue weighted by molar-refractivity contribution is 0.882. The number of aromatic nitrogens is 2. The number of thioether (sulfide) groups is 1. The summed E-state index contributed by atoms with van der Waals surface area (Å²) >= 11 is 15.1. The van der Waals surface area contributed by atoms with Crippen LogP contribution in [-0.2, 0) is 5.75 Å². The lowest BCUT2D eigenvalue weighted by Crippen LogP contribution is -2.24. The third-order valence-corrected chi connectivity index (χ3v) is 6.17. The molecule has 0 spiro atoms. The maximum absolute atomic E-state index is 13.3. The minimum Gasteiger partial charge on any atom is -0.268 e. The van der Waals surface area contributed by atoms with Crippen LogP contribution in [0.5, 0.6) is 0 Å². The van der Waals surface area contributed by atoms with Gasteiger partial charge in [0.2, 0.25) is 0 Å². The van der Waals surface area contributed by atoms with Crippen LogP contribution in [-0.4, -0.2) is 15.3 Å². The molecule has 0 fully saturated rings. The molecule has 0 saturated carbocycles. The van der Waals surface area contributed by atoms with Crippen molar-refractivity contribution in [1.82, 2.24) is 9.55 Å². The van der Waals surface area contributed by atoms with Gasteiger partial charge in [0.15, 0.2) is 0 Å². The number of rotatable bonds is 5. The van der Waals surface area contributed by atoms with Gasteiger partial charge < -0.3 is 0 Å². The standard InChI is InChI=1S/C18H15Br2ClN2OS/c1-2-7-25-10-16-22-17-12(8-11(19)9-13(17)20)18(24)23(16)15-6-4-3-5-14(15)21/h3-6,8-9H,2,7,10H2,1H3. The fourth-order valence-corrected chi connectivity index (χ4v) is 4.89. The largest absolute Gasteiger partial charge is 0.268 e. The maximum atomic E-state index is 13.3. The number of hydrogen-bond donors (Lipinski definition) is 0. The van der Waals surface area contributed by atoms with Crippen molar-refractivity contribution in [3.05, 3.63) is 66.5 Å². The molecule has 0 amide bonds. The van der Waals surface area contributed by atoms with E-state index in [1.165, 1.54) is 0 Å². The summed E-state index contributed by atoms with van der Waals surface area (Å²) in [6.45, 7) is 2.14. The Morgan fingerprint density at radius 1 is 1.24 bits per heavy atom. The number of para-hydroxylation sites is 1. The third kappa shape index (κ3) is 3.97. The topological polar surface area (TPSA) is 34.9 Å². The Balaban J connectivity index is 2.32. The van der Waals surface area contributed by atoms with Crippen LogP contribution in [0, 0.1) is 0 Å². The molecule has 0 saturated heterocycles. The minimum atomic E-state index is -0.118. The first kappa shape index (κ1) is 19.0. The first-order valence-corrected chi connectivity index (χ1v) is 10.9. The fraction of sp³-hybridized carbons (Fsp3) is 0.222. The molecule has 0 atom stereocenters. The Labute approximate surface area is 172 Å². The molecule has 2 aromatic carbocycles. The summed E-state index contributed by atoms with van der Waals surface area (Å²) in [5, 5.41) is 1.08. The second-order valence-electron chi connectivity index (χ2n) is 5.46. The lowest BCUT2D eigenvalue weighted by Gasteiger charge is -2.15. The van der Waals surface area contributed by atoms with Crippen LogP contribution in [0.25, 0.3) is 16.6 Å². The first-order chi connectivity index (χ1) is 12.0. The van der Waals surface area contributed by atoms with Gasteiger partial charge in [0.05, 0.1) is 27.4 Å². The zero-order chi connectivity index (χ0) is 18.0. The van der Waals surface area contributed by atoms with Gasteiger partial charge in [-0.3, -0.25) is 9.36 Å². The quantitative estimate of drug-likeness (QED) is 0.389. The molecule has 1 heterocycles. The van der Waals surface area contributed by atoms with E-state index >= 15 is 0 Å². The molecule has 7 heteroatoms. The summed E-state index contributed by atoms with van der Waals surface area (Å²) < 4.78 is 3.25. The van der Waals surface area contributed by atoms with Crippen molar-refractivity contribution in [3.8, 4) is 5.69 Å². The van der Waals surface area contributed by atoms with Crippen LogP contribution in [0.15, 0.2) is 50.1 Å². The number of fused-ring (bicyclic) bond motifs is 1. The molecule has 0 aliphatic heterocycles. The summed E-state index contributed by atoms with van der Waals surface area (Å²) in [4.78, 5) is 18.0. The van der Waals surface area contributed by atoms with E-state index in [1.54, 1.807) is 28.5 Å². The summed E-state index contributed by atoms with van der Waals surface area (Å²) in [6.07, 6.45) is 1.07. The van der Waals surface area contributed by atoms with Crippen molar-refractivity contribution >= 4 is 66.1 Å². The monoisotopic (exact) mass is 500 g/mol. The van der Waals surface area contributed by atoms with Crippen molar-refractivity contribution in [1.29, 1.82) is 0 Å². The Morgan fingerprint density at radius 2 is 2.00 bits per heavy atom. The Kier molecular flexibility index (Phi) is 6.25. The van der Waals surface area contributed by atoms with Crippen molar-refractivity contribution in [2.75, 3.05) is 5.75 Å². The number of nitrogens with zero attached hydrogens (tertiary/aromatic N) is 2.